The molecule has 5 nitrogen and oxygen atoms in total. The summed E-state index contributed by atoms with van der Waals surface area (Å²) in [7, 11) is 0. The van der Waals surface area contributed by atoms with Crippen molar-refractivity contribution in [2.45, 2.75) is 0 Å². The standard InChI is InChI=1S/C17H11ClN2O3/c18-11-4-1-3-10(9-11)7-8-14(21)20-16(22)12-5-2-6-13(19)15(12)17(20)23/h1-9H,19H2/b8-7+. The first-order valence-corrected chi connectivity index (χ1v) is 7.11. The van der Waals surface area contributed by atoms with Gasteiger partial charge in [0.05, 0.1) is 11.1 Å². The molecule has 2 aromatic carbocycles. The van der Waals surface area contributed by atoms with Crippen LogP contribution in [0.4, 0.5) is 5.69 Å². The number of carbonyl (C=O) groups excluding carboxylic acids is 3. The summed E-state index contributed by atoms with van der Waals surface area (Å²) in [5, 5.41) is 0.521. The quantitative estimate of drug-likeness (QED) is 0.523. The number of anilines is 1. The van der Waals surface area contributed by atoms with Crippen LogP contribution < -0.4 is 5.73 Å². The number of benzene rings is 2. The molecule has 0 unspecified atom stereocenters. The molecule has 0 aliphatic carbocycles. The van der Waals surface area contributed by atoms with Crippen LogP contribution in [0.5, 0.6) is 0 Å². The number of carbonyl (C=O) groups is 3. The molecule has 3 rings (SSSR count). The molecule has 2 N–H and O–H groups in total. The number of imide groups is 3. The van der Waals surface area contributed by atoms with E-state index in [2.05, 4.69) is 0 Å². The minimum absolute atomic E-state index is 0.0713. The summed E-state index contributed by atoms with van der Waals surface area (Å²) < 4.78 is 0. The van der Waals surface area contributed by atoms with Crippen LogP contribution in [0.2, 0.25) is 5.02 Å². The number of fused-ring (bicyclic) bond motifs is 1. The smallest absolute Gasteiger partial charge is 0.270 e. The highest BCUT2D eigenvalue weighted by Crippen LogP contribution is 2.27. The van der Waals surface area contributed by atoms with Crippen molar-refractivity contribution >= 4 is 41.1 Å². The van der Waals surface area contributed by atoms with Crippen molar-refractivity contribution in [3.05, 3.63) is 70.3 Å². The Balaban J connectivity index is 1.88. The second kappa shape index (κ2) is 5.70. The fourth-order valence-corrected chi connectivity index (χ4v) is 2.56. The Morgan fingerprint density at radius 2 is 1.83 bits per heavy atom. The van der Waals surface area contributed by atoms with E-state index in [1.54, 1.807) is 30.3 Å². The van der Waals surface area contributed by atoms with E-state index in [9.17, 15) is 14.4 Å². The average Bonchev–Trinajstić information content (AvgIpc) is 2.78. The van der Waals surface area contributed by atoms with Gasteiger partial charge in [-0.3, -0.25) is 14.4 Å². The Labute approximate surface area is 137 Å². The molecular weight excluding hydrogens is 316 g/mol. The Morgan fingerprint density at radius 1 is 1.09 bits per heavy atom. The third-order valence-electron chi connectivity index (χ3n) is 3.43. The number of nitrogens with two attached hydrogens (primary N) is 1. The second-order valence-electron chi connectivity index (χ2n) is 4.94. The van der Waals surface area contributed by atoms with Crippen LogP contribution in [-0.4, -0.2) is 22.6 Å². The summed E-state index contributed by atoms with van der Waals surface area (Å²) in [6.45, 7) is 0. The SMILES string of the molecule is Nc1cccc2c1C(=O)N(C(=O)/C=C/c1cccc(Cl)c1)C2=O. The first-order valence-electron chi connectivity index (χ1n) is 6.74. The number of amides is 3. The van der Waals surface area contributed by atoms with Gasteiger partial charge in [-0.2, -0.15) is 0 Å². The summed E-state index contributed by atoms with van der Waals surface area (Å²) >= 11 is 5.86. The molecule has 0 aromatic heterocycles. The fourth-order valence-electron chi connectivity index (χ4n) is 2.36. The van der Waals surface area contributed by atoms with E-state index in [0.717, 1.165) is 6.08 Å². The van der Waals surface area contributed by atoms with Gasteiger partial charge in [0.2, 0.25) is 0 Å². The van der Waals surface area contributed by atoms with Gasteiger partial charge in [0.25, 0.3) is 17.7 Å². The van der Waals surface area contributed by atoms with Crippen LogP contribution in [0.3, 0.4) is 0 Å². The molecule has 0 spiro atoms. The minimum Gasteiger partial charge on any atom is -0.398 e. The predicted molar refractivity (Wildman–Crippen MR) is 86.8 cm³/mol. The summed E-state index contributed by atoms with van der Waals surface area (Å²) in [6.07, 6.45) is 2.64. The van der Waals surface area contributed by atoms with Crippen LogP contribution >= 0.6 is 11.6 Å². The van der Waals surface area contributed by atoms with Gasteiger partial charge in [0.1, 0.15) is 0 Å². The predicted octanol–water partition coefficient (Wildman–Crippen LogP) is 2.76. The lowest BCUT2D eigenvalue weighted by atomic mass is 10.1. The highest BCUT2D eigenvalue weighted by Gasteiger charge is 2.40. The molecule has 1 heterocycles. The van der Waals surface area contributed by atoms with Gasteiger partial charge >= 0.3 is 0 Å². The molecule has 0 fully saturated rings. The third kappa shape index (κ3) is 2.62. The molecule has 6 heteroatoms. The molecule has 0 bridgehead atoms. The van der Waals surface area contributed by atoms with Crippen LogP contribution in [-0.2, 0) is 4.79 Å². The highest BCUT2D eigenvalue weighted by molar-refractivity contribution is 6.32. The van der Waals surface area contributed by atoms with E-state index in [4.69, 9.17) is 17.3 Å². The number of hydrogen-bond donors (Lipinski definition) is 1. The number of nitrogens with zero attached hydrogens (tertiary/aromatic N) is 1. The van der Waals surface area contributed by atoms with E-state index >= 15 is 0 Å². The van der Waals surface area contributed by atoms with Crippen molar-refractivity contribution in [2.75, 3.05) is 5.73 Å². The minimum atomic E-state index is -0.726. The van der Waals surface area contributed by atoms with E-state index in [0.29, 0.717) is 15.5 Å². The highest BCUT2D eigenvalue weighted by atomic mass is 35.5. The first kappa shape index (κ1) is 15.0. The Morgan fingerprint density at radius 3 is 2.52 bits per heavy atom. The zero-order valence-corrected chi connectivity index (χ0v) is 12.6. The molecule has 114 valence electrons. The van der Waals surface area contributed by atoms with E-state index in [-0.39, 0.29) is 16.8 Å². The van der Waals surface area contributed by atoms with Crippen LogP contribution in [0.15, 0.2) is 48.5 Å². The maximum Gasteiger partial charge on any atom is 0.270 e. The number of halogens is 1. The van der Waals surface area contributed by atoms with Crippen molar-refractivity contribution in [3.63, 3.8) is 0 Å². The monoisotopic (exact) mass is 326 g/mol. The molecule has 0 saturated heterocycles. The number of hydrogen-bond acceptors (Lipinski definition) is 4. The van der Waals surface area contributed by atoms with Crippen LogP contribution in [0.1, 0.15) is 26.3 Å². The number of nitrogen functional groups attached to an aromatic ring is 1. The van der Waals surface area contributed by atoms with E-state index in [1.807, 2.05) is 0 Å². The third-order valence-corrected chi connectivity index (χ3v) is 3.67. The fraction of sp³-hybridized carbons (Fsp3) is 0. The maximum atomic E-state index is 12.3. The summed E-state index contributed by atoms with van der Waals surface area (Å²) in [5.74, 6) is -2.10. The van der Waals surface area contributed by atoms with Gasteiger partial charge in [0, 0.05) is 16.8 Å². The lowest BCUT2D eigenvalue weighted by molar-refractivity contribution is -0.121. The van der Waals surface area contributed by atoms with E-state index in [1.165, 1.54) is 18.2 Å². The molecule has 0 saturated carbocycles. The molecule has 3 amide bonds. The zero-order chi connectivity index (χ0) is 16.6. The van der Waals surface area contributed by atoms with Crippen molar-refractivity contribution in [3.8, 4) is 0 Å². The van der Waals surface area contributed by atoms with Gasteiger partial charge < -0.3 is 5.73 Å². The Hall–Kier alpha value is -2.92. The molecule has 0 radical (unpaired) electrons. The molecule has 23 heavy (non-hydrogen) atoms. The summed E-state index contributed by atoms with van der Waals surface area (Å²) in [6, 6.07) is 11.4. The van der Waals surface area contributed by atoms with Crippen molar-refractivity contribution in [1.29, 1.82) is 0 Å². The van der Waals surface area contributed by atoms with Crippen molar-refractivity contribution in [2.24, 2.45) is 0 Å². The second-order valence-corrected chi connectivity index (χ2v) is 5.38. The molecule has 0 atom stereocenters. The molecule has 1 aliphatic heterocycles. The topological polar surface area (TPSA) is 80.5 Å². The lowest BCUT2D eigenvalue weighted by Crippen LogP contribution is -2.34. The number of rotatable bonds is 2. The van der Waals surface area contributed by atoms with Crippen LogP contribution in [0.25, 0.3) is 6.08 Å². The summed E-state index contributed by atoms with van der Waals surface area (Å²) in [4.78, 5) is 37.3. The van der Waals surface area contributed by atoms with Gasteiger partial charge in [0.15, 0.2) is 0 Å². The van der Waals surface area contributed by atoms with Crippen molar-refractivity contribution < 1.29 is 14.4 Å². The molecule has 1 aliphatic rings. The lowest BCUT2D eigenvalue weighted by Gasteiger charge is -2.08. The summed E-state index contributed by atoms with van der Waals surface area (Å²) in [5.41, 5.74) is 6.79. The normalized spacial score (nSPS) is 13.7. The molecule has 2 aromatic rings. The average molecular weight is 327 g/mol. The zero-order valence-electron chi connectivity index (χ0n) is 11.8. The Bertz CT molecular complexity index is 874. The van der Waals surface area contributed by atoms with E-state index < -0.39 is 17.7 Å². The van der Waals surface area contributed by atoms with Gasteiger partial charge in [-0.25, -0.2) is 4.90 Å². The van der Waals surface area contributed by atoms with Crippen molar-refractivity contribution in [1.82, 2.24) is 4.90 Å². The maximum absolute atomic E-state index is 12.3. The van der Waals surface area contributed by atoms with Gasteiger partial charge in [-0.05, 0) is 35.9 Å². The largest absolute Gasteiger partial charge is 0.398 e. The Kier molecular flexibility index (Phi) is 3.72. The van der Waals surface area contributed by atoms with Gasteiger partial charge in [-0.15, -0.1) is 0 Å². The van der Waals surface area contributed by atoms with Gasteiger partial charge in [-0.1, -0.05) is 29.8 Å². The van der Waals surface area contributed by atoms with Crippen LogP contribution in [0, 0.1) is 0 Å². The first-order chi connectivity index (χ1) is 11.0. The molecular formula is C17H11ClN2O3.